The Morgan fingerprint density at radius 1 is 1.12 bits per heavy atom. The molecule has 1 unspecified atom stereocenters. The van der Waals surface area contributed by atoms with Gasteiger partial charge in [0.2, 0.25) is 0 Å². The molecule has 0 aromatic heterocycles. The van der Waals surface area contributed by atoms with Gasteiger partial charge in [-0.1, -0.05) is 27.7 Å². The summed E-state index contributed by atoms with van der Waals surface area (Å²) in [5.41, 5.74) is 5.99. The van der Waals surface area contributed by atoms with Crippen LogP contribution in [0.2, 0.25) is 0 Å². The molecular weight excluding hydrogens is 196 g/mol. The van der Waals surface area contributed by atoms with E-state index in [0.717, 1.165) is 18.0 Å². The quantitative estimate of drug-likeness (QED) is 0.781. The first-order valence-corrected chi connectivity index (χ1v) is 7.11. The van der Waals surface area contributed by atoms with Gasteiger partial charge in [0.25, 0.3) is 0 Å². The van der Waals surface area contributed by atoms with Crippen LogP contribution in [0.15, 0.2) is 0 Å². The highest BCUT2D eigenvalue weighted by molar-refractivity contribution is 4.85. The third-order valence-electron chi connectivity index (χ3n) is 4.19. The molecule has 0 bridgehead atoms. The first kappa shape index (κ1) is 14.0. The summed E-state index contributed by atoms with van der Waals surface area (Å²) in [6.45, 7) is 10.5. The van der Waals surface area contributed by atoms with Gasteiger partial charge < -0.3 is 5.73 Å². The molecule has 0 aromatic rings. The molecule has 2 heteroatoms. The summed E-state index contributed by atoms with van der Waals surface area (Å²) in [6, 6.07) is 2.01. The number of nitrogens with two attached hydrogens (primary N) is 1. The summed E-state index contributed by atoms with van der Waals surface area (Å²) < 4.78 is 0. The summed E-state index contributed by atoms with van der Waals surface area (Å²) in [7, 11) is 0. The molecule has 0 amide bonds. The molecule has 1 aliphatic rings. The fourth-order valence-corrected chi connectivity index (χ4v) is 3.29. The van der Waals surface area contributed by atoms with Gasteiger partial charge in [-0.15, -0.1) is 0 Å². The minimum Gasteiger partial charge on any atom is -0.328 e. The average molecular weight is 226 g/mol. The highest BCUT2D eigenvalue weighted by Gasteiger charge is 2.28. The lowest BCUT2D eigenvalue weighted by atomic mass is 9.88. The maximum atomic E-state index is 5.99. The van der Waals surface area contributed by atoms with Crippen molar-refractivity contribution in [3.63, 3.8) is 0 Å². The number of hydrogen-bond donors (Lipinski definition) is 1. The highest BCUT2D eigenvalue weighted by Crippen LogP contribution is 2.26. The van der Waals surface area contributed by atoms with Crippen LogP contribution in [-0.2, 0) is 0 Å². The fourth-order valence-electron chi connectivity index (χ4n) is 3.29. The lowest BCUT2D eigenvalue weighted by molar-refractivity contribution is 0.0777. The Morgan fingerprint density at radius 3 is 2.06 bits per heavy atom. The molecule has 0 radical (unpaired) electrons. The van der Waals surface area contributed by atoms with E-state index in [2.05, 4.69) is 32.6 Å². The van der Waals surface area contributed by atoms with E-state index >= 15 is 0 Å². The van der Waals surface area contributed by atoms with E-state index in [0.29, 0.717) is 6.04 Å². The first-order valence-electron chi connectivity index (χ1n) is 7.11. The minimum absolute atomic E-state index is 0.467. The molecule has 0 saturated heterocycles. The van der Waals surface area contributed by atoms with Gasteiger partial charge in [-0.2, -0.15) is 0 Å². The Bertz CT molecular complexity index is 183. The van der Waals surface area contributed by atoms with Gasteiger partial charge in [-0.3, -0.25) is 4.90 Å². The van der Waals surface area contributed by atoms with Crippen molar-refractivity contribution in [3.8, 4) is 0 Å². The zero-order chi connectivity index (χ0) is 12.1. The highest BCUT2D eigenvalue weighted by atomic mass is 15.2. The van der Waals surface area contributed by atoms with Crippen molar-refractivity contribution in [1.29, 1.82) is 0 Å². The Kier molecular flexibility index (Phi) is 5.77. The van der Waals surface area contributed by atoms with Crippen LogP contribution in [0.4, 0.5) is 0 Å². The summed E-state index contributed by atoms with van der Waals surface area (Å²) in [5.74, 6) is 0.764. The van der Waals surface area contributed by atoms with Crippen LogP contribution in [0, 0.1) is 5.92 Å². The first-order chi connectivity index (χ1) is 7.60. The predicted molar refractivity (Wildman–Crippen MR) is 71.5 cm³/mol. The molecule has 16 heavy (non-hydrogen) atoms. The minimum atomic E-state index is 0.467. The van der Waals surface area contributed by atoms with Gasteiger partial charge in [0.1, 0.15) is 0 Å². The van der Waals surface area contributed by atoms with Crippen molar-refractivity contribution in [2.24, 2.45) is 11.7 Å². The molecule has 0 heterocycles. The van der Waals surface area contributed by atoms with Crippen molar-refractivity contribution < 1.29 is 0 Å². The second kappa shape index (κ2) is 6.61. The maximum Gasteiger partial charge on any atom is 0.0118 e. The molecule has 0 aliphatic heterocycles. The Labute approximate surface area is 102 Å². The van der Waals surface area contributed by atoms with Crippen molar-refractivity contribution in [1.82, 2.24) is 4.90 Å². The number of rotatable bonds is 5. The van der Waals surface area contributed by atoms with Crippen LogP contribution in [0.5, 0.6) is 0 Å². The lowest BCUT2D eigenvalue weighted by Gasteiger charge is -2.42. The monoisotopic (exact) mass is 226 g/mol. The number of hydrogen-bond acceptors (Lipinski definition) is 2. The zero-order valence-corrected chi connectivity index (χ0v) is 11.6. The zero-order valence-electron chi connectivity index (χ0n) is 11.6. The van der Waals surface area contributed by atoms with E-state index in [1.807, 2.05) is 0 Å². The molecule has 1 rings (SSSR count). The summed E-state index contributed by atoms with van der Waals surface area (Å²) in [5, 5.41) is 0. The predicted octanol–water partition coefficient (Wildman–Crippen LogP) is 3.01. The van der Waals surface area contributed by atoms with Crippen LogP contribution >= 0.6 is 0 Å². The van der Waals surface area contributed by atoms with Crippen LogP contribution in [0.1, 0.15) is 59.8 Å². The third-order valence-corrected chi connectivity index (χ3v) is 4.19. The molecule has 0 spiro atoms. The lowest BCUT2D eigenvalue weighted by Crippen LogP contribution is -2.48. The van der Waals surface area contributed by atoms with Crippen LogP contribution < -0.4 is 5.73 Å². The van der Waals surface area contributed by atoms with Crippen LogP contribution in [0.25, 0.3) is 0 Å². The van der Waals surface area contributed by atoms with E-state index in [9.17, 15) is 0 Å². The molecular formula is C14H30N2. The topological polar surface area (TPSA) is 29.3 Å². The molecule has 2 N–H and O–H groups in total. The fraction of sp³-hybridized carbons (Fsp3) is 1.00. The van der Waals surface area contributed by atoms with Crippen molar-refractivity contribution in [2.75, 3.05) is 6.54 Å². The van der Waals surface area contributed by atoms with Gasteiger partial charge in [-0.05, 0) is 44.6 Å². The standard InChI is InChI=1S/C14H30N2/c1-5-14(11(3)4)16(6-2)13-9-7-12(15)8-10-13/h11-14H,5-10,15H2,1-4H3. The van der Waals surface area contributed by atoms with Crippen molar-refractivity contribution in [3.05, 3.63) is 0 Å². The summed E-state index contributed by atoms with van der Waals surface area (Å²) >= 11 is 0. The summed E-state index contributed by atoms with van der Waals surface area (Å²) in [6.07, 6.45) is 6.32. The summed E-state index contributed by atoms with van der Waals surface area (Å²) in [4.78, 5) is 2.73. The molecule has 96 valence electrons. The smallest absolute Gasteiger partial charge is 0.0118 e. The van der Waals surface area contributed by atoms with Crippen LogP contribution in [-0.4, -0.2) is 29.6 Å². The molecule has 0 aromatic carbocycles. The third kappa shape index (κ3) is 3.46. The van der Waals surface area contributed by atoms with E-state index in [1.54, 1.807) is 0 Å². The van der Waals surface area contributed by atoms with Gasteiger partial charge >= 0.3 is 0 Å². The van der Waals surface area contributed by atoms with Gasteiger partial charge in [-0.25, -0.2) is 0 Å². The Balaban J connectivity index is 2.58. The molecule has 1 aliphatic carbocycles. The normalized spacial score (nSPS) is 28.7. The van der Waals surface area contributed by atoms with Crippen molar-refractivity contribution in [2.45, 2.75) is 77.9 Å². The van der Waals surface area contributed by atoms with Gasteiger partial charge in [0.05, 0.1) is 0 Å². The van der Waals surface area contributed by atoms with E-state index < -0.39 is 0 Å². The van der Waals surface area contributed by atoms with Crippen molar-refractivity contribution >= 4 is 0 Å². The molecule has 2 nitrogen and oxygen atoms in total. The molecule has 1 saturated carbocycles. The molecule has 1 fully saturated rings. The van der Waals surface area contributed by atoms with Gasteiger partial charge in [0, 0.05) is 18.1 Å². The second-order valence-electron chi connectivity index (χ2n) is 5.62. The Morgan fingerprint density at radius 2 is 1.69 bits per heavy atom. The second-order valence-corrected chi connectivity index (χ2v) is 5.62. The van der Waals surface area contributed by atoms with E-state index in [-0.39, 0.29) is 0 Å². The average Bonchev–Trinajstić information content (AvgIpc) is 2.26. The maximum absolute atomic E-state index is 5.99. The Hall–Kier alpha value is -0.0800. The van der Waals surface area contributed by atoms with Crippen LogP contribution in [0.3, 0.4) is 0 Å². The van der Waals surface area contributed by atoms with E-state index in [1.165, 1.54) is 38.6 Å². The molecule has 1 atom stereocenters. The van der Waals surface area contributed by atoms with E-state index in [4.69, 9.17) is 5.73 Å². The largest absolute Gasteiger partial charge is 0.328 e. The van der Waals surface area contributed by atoms with Gasteiger partial charge in [0.15, 0.2) is 0 Å². The number of nitrogens with zero attached hydrogens (tertiary/aromatic N) is 1. The SMILES string of the molecule is CCC(C(C)C)N(CC)C1CCC(N)CC1.